The summed E-state index contributed by atoms with van der Waals surface area (Å²) in [4.78, 5) is 15.6. The third-order valence-electron chi connectivity index (χ3n) is 24.7. The van der Waals surface area contributed by atoms with Gasteiger partial charge in [0.15, 0.2) is 37.6 Å². The second kappa shape index (κ2) is 27.9. The largest absolute Gasteiger partial charge is 0.432 e. The summed E-state index contributed by atoms with van der Waals surface area (Å²) in [5.74, 6) is -2.53. The van der Waals surface area contributed by atoms with E-state index in [1.54, 1.807) is 0 Å². The molecule has 20 N–H and O–H groups in total. The molecule has 4 saturated carbocycles. The number of hydrogen-bond donors (Lipinski definition) is 20. The van der Waals surface area contributed by atoms with E-state index in [1.165, 1.54) is 6.92 Å². The number of aliphatic hydroxyl groups is 20. The number of ether oxygens (including phenoxy) is 12. The van der Waals surface area contributed by atoms with Gasteiger partial charge in [-0.25, -0.2) is 0 Å². The molecule has 33 heteroatoms. The maximum absolute atomic E-state index is 15.6. The van der Waals surface area contributed by atoms with Crippen molar-refractivity contribution in [2.24, 2.45) is 50.2 Å². The summed E-state index contributed by atoms with van der Waals surface area (Å²) in [6.07, 6.45) is -43.6. The first kappa shape index (κ1) is 75.1. The highest BCUT2D eigenvalue weighted by Gasteiger charge is 2.74. The normalized spacial score (nSPS) is 54.0. The average Bonchev–Trinajstić information content (AvgIpc) is 0.691. The molecule has 0 aromatic rings. The van der Waals surface area contributed by atoms with Crippen LogP contribution in [0.2, 0.25) is 0 Å². The van der Waals surface area contributed by atoms with Crippen molar-refractivity contribution >= 4 is 5.97 Å². The molecule has 6 aliphatic heterocycles. The number of fused-ring (bicyclic) bond motifs is 7. The van der Waals surface area contributed by atoms with Gasteiger partial charge in [0.1, 0.15) is 115 Å². The number of carbonyl (C=O) groups is 1. The Labute approximate surface area is 553 Å². The molecule has 96 heavy (non-hydrogen) atoms. The molecule has 6 saturated heterocycles. The molecule has 10 fully saturated rings. The Morgan fingerprint density at radius 3 is 1.76 bits per heavy atom. The molecule has 0 bridgehead atoms. The predicted octanol–water partition coefficient (Wildman–Crippen LogP) is -7.55. The highest BCUT2D eigenvalue weighted by molar-refractivity contribution is 5.80. The van der Waals surface area contributed by atoms with Gasteiger partial charge < -0.3 is 159 Å². The Balaban J connectivity index is 0.804. The zero-order valence-electron chi connectivity index (χ0n) is 54.5. The second-order valence-electron chi connectivity index (χ2n) is 30.7. The van der Waals surface area contributed by atoms with Crippen molar-refractivity contribution in [1.82, 2.24) is 0 Å². The van der Waals surface area contributed by atoms with E-state index in [0.29, 0.717) is 32.1 Å². The standard InChI is InChI=1S/C63H102O33/c1-24-44(91-50-42(80)45(29(71)19-85-50)92-55-48(82)62(84,22-68)23-87-55)39(77)41(79)51(88-24)94-47-35(73)28(70)18-86-54(47)96-56(83)63-12-11-57(2,3)13-26(63)25-7-8-32-58(4)14-27(69)49(61(20-66,21-67)33(58)9-10-59(32,5)60(25,6)15-34(63)72)95-53-43(81)46(37(75)31(17-65)90-53)93-52-40(78)38(76)36(74)30(16-64)89-52/h7,24,26-55,64-82,84H,8-23H2,1-6H3. The number of hydrogen-bond acceptors (Lipinski definition) is 33. The maximum atomic E-state index is 15.6. The minimum absolute atomic E-state index is 0.00569. The van der Waals surface area contributed by atoms with E-state index in [-0.39, 0.29) is 25.2 Å². The summed E-state index contributed by atoms with van der Waals surface area (Å²) in [5, 5.41) is 222. The van der Waals surface area contributed by atoms with Crippen LogP contribution >= 0.6 is 0 Å². The van der Waals surface area contributed by atoms with E-state index < -0.39 is 281 Å². The molecule has 6 heterocycles. The topological polar surface area (TPSA) is 532 Å². The van der Waals surface area contributed by atoms with Crippen LogP contribution < -0.4 is 0 Å². The molecule has 5 aliphatic carbocycles. The summed E-state index contributed by atoms with van der Waals surface area (Å²) in [5.41, 5.74) is -7.41. The Morgan fingerprint density at radius 2 is 1.11 bits per heavy atom. The van der Waals surface area contributed by atoms with Crippen LogP contribution in [0.4, 0.5) is 0 Å². The SMILES string of the molecule is CC1OC(OC2C(OC(=O)C34CCC(C)(C)CC3C3=CCC5C6(C)CC(O)C(OC7OC(CO)C(O)C(OC8OC(CO)C(O)C(O)C8O)C7O)C(CO)(CO)C6CCC5(C)C3(C)CC4O)OCC(O)C2O)C(O)C(O)C1OC1OCC(O)C(OC2OCC(O)(CO)C2O)C1O. The smallest absolute Gasteiger partial charge is 0.317 e. The summed E-state index contributed by atoms with van der Waals surface area (Å²) in [6.45, 7) is 6.04. The number of carbonyl (C=O) groups excluding carboxylic acids is 1. The van der Waals surface area contributed by atoms with E-state index in [2.05, 4.69) is 33.8 Å². The first-order valence-corrected chi connectivity index (χ1v) is 33.4. The van der Waals surface area contributed by atoms with Crippen molar-refractivity contribution in [3.8, 4) is 0 Å². The molecule has 11 rings (SSSR count). The fourth-order valence-corrected chi connectivity index (χ4v) is 18.9. The highest BCUT2D eigenvalue weighted by atomic mass is 16.8. The first-order chi connectivity index (χ1) is 45.1. The predicted molar refractivity (Wildman–Crippen MR) is 314 cm³/mol. The van der Waals surface area contributed by atoms with Gasteiger partial charge in [0.25, 0.3) is 0 Å². The molecule has 33 nitrogen and oxygen atoms in total. The molecule has 36 atom stereocenters. The van der Waals surface area contributed by atoms with Crippen molar-refractivity contribution in [3.05, 3.63) is 11.6 Å². The zero-order chi connectivity index (χ0) is 70.1. The van der Waals surface area contributed by atoms with Gasteiger partial charge in [0.2, 0.25) is 6.29 Å². The molecule has 36 unspecified atom stereocenters. The van der Waals surface area contributed by atoms with Crippen molar-refractivity contribution in [3.63, 3.8) is 0 Å². The lowest BCUT2D eigenvalue weighted by Gasteiger charge is -2.72. The van der Waals surface area contributed by atoms with Crippen LogP contribution in [0, 0.1) is 50.2 Å². The van der Waals surface area contributed by atoms with Crippen LogP contribution in [-0.4, -0.2) is 339 Å². The quantitative estimate of drug-likeness (QED) is 0.0365. The van der Waals surface area contributed by atoms with Gasteiger partial charge in [-0.2, -0.15) is 0 Å². The Hall–Kier alpha value is -2.03. The van der Waals surface area contributed by atoms with Crippen molar-refractivity contribution in [2.45, 2.75) is 271 Å². The van der Waals surface area contributed by atoms with Gasteiger partial charge >= 0.3 is 5.97 Å². The third-order valence-corrected chi connectivity index (χ3v) is 24.7. The summed E-state index contributed by atoms with van der Waals surface area (Å²) in [7, 11) is 0. The van der Waals surface area contributed by atoms with Gasteiger partial charge in [0.05, 0.1) is 77.3 Å². The minimum atomic E-state index is -2.09. The average molecular weight is 1390 g/mol. The Kier molecular flexibility index (Phi) is 21.8. The lowest BCUT2D eigenvalue weighted by Crippen LogP contribution is -2.72. The summed E-state index contributed by atoms with van der Waals surface area (Å²) >= 11 is 0. The van der Waals surface area contributed by atoms with Crippen molar-refractivity contribution in [1.29, 1.82) is 0 Å². The third kappa shape index (κ3) is 12.3. The molecular formula is C63H102O33. The molecular weight excluding hydrogens is 1280 g/mol. The maximum Gasteiger partial charge on any atom is 0.317 e. The van der Waals surface area contributed by atoms with E-state index in [1.807, 2.05) is 6.92 Å². The van der Waals surface area contributed by atoms with Crippen LogP contribution in [0.1, 0.15) is 92.9 Å². The second-order valence-corrected chi connectivity index (χ2v) is 30.7. The lowest BCUT2D eigenvalue weighted by molar-refractivity contribution is -0.377. The van der Waals surface area contributed by atoms with Gasteiger partial charge in [-0.15, -0.1) is 0 Å². The van der Waals surface area contributed by atoms with Crippen LogP contribution in [0.25, 0.3) is 0 Å². The first-order valence-electron chi connectivity index (χ1n) is 33.4. The lowest BCUT2D eigenvalue weighted by atomic mass is 9.33. The Morgan fingerprint density at radius 1 is 0.531 bits per heavy atom. The Bertz CT molecular complexity index is 2710. The number of rotatable bonds is 17. The van der Waals surface area contributed by atoms with Crippen molar-refractivity contribution < 1.29 is 164 Å². The summed E-state index contributed by atoms with van der Waals surface area (Å²) in [6, 6.07) is 0. The fourth-order valence-electron chi connectivity index (χ4n) is 18.9. The molecule has 0 aromatic heterocycles. The van der Waals surface area contributed by atoms with Crippen LogP contribution in [0.3, 0.4) is 0 Å². The van der Waals surface area contributed by atoms with Crippen LogP contribution in [0.5, 0.6) is 0 Å². The van der Waals surface area contributed by atoms with Crippen LogP contribution in [-0.2, 0) is 61.6 Å². The number of allylic oxidation sites excluding steroid dienone is 2. The van der Waals surface area contributed by atoms with E-state index >= 15 is 4.79 Å². The molecule has 552 valence electrons. The molecule has 0 spiro atoms. The van der Waals surface area contributed by atoms with E-state index in [4.69, 9.17) is 56.8 Å². The number of esters is 1. The monoisotopic (exact) mass is 1390 g/mol. The van der Waals surface area contributed by atoms with Gasteiger partial charge in [0, 0.05) is 5.41 Å². The van der Waals surface area contributed by atoms with E-state index in [9.17, 15) is 102 Å². The van der Waals surface area contributed by atoms with Gasteiger partial charge in [-0.1, -0.05) is 46.3 Å². The highest BCUT2D eigenvalue weighted by Crippen LogP contribution is 2.76. The molecule has 0 amide bonds. The van der Waals surface area contributed by atoms with E-state index in [0.717, 1.165) is 5.57 Å². The van der Waals surface area contributed by atoms with Crippen LogP contribution in [0.15, 0.2) is 11.6 Å². The molecule has 11 aliphatic rings. The zero-order valence-corrected chi connectivity index (χ0v) is 54.5. The molecule has 0 aromatic carbocycles. The fraction of sp³-hybridized carbons (Fsp3) is 0.952. The van der Waals surface area contributed by atoms with Gasteiger partial charge in [-0.3, -0.25) is 4.79 Å². The molecule has 0 radical (unpaired) electrons. The van der Waals surface area contributed by atoms with Gasteiger partial charge in [-0.05, 0) is 97.7 Å². The minimum Gasteiger partial charge on any atom is -0.432 e. The van der Waals surface area contributed by atoms with Crippen molar-refractivity contribution in [2.75, 3.05) is 52.9 Å². The summed E-state index contributed by atoms with van der Waals surface area (Å²) < 4.78 is 70.3. The number of aliphatic hydroxyl groups excluding tert-OH is 19.